The number of piperidine rings is 1. The van der Waals surface area contributed by atoms with Crippen LogP contribution in [0.4, 0.5) is 13.2 Å². The van der Waals surface area contributed by atoms with Gasteiger partial charge in [-0.15, -0.1) is 6.58 Å². The Balaban J connectivity index is 2.28. The number of amides is 2. The summed E-state index contributed by atoms with van der Waals surface area (Å²) in [7, 11) is -3.74. The quantitative estimate of drug-likeness (QED) is 0.254. The van der Waals surface area contributed by atoms with E-state index in [9.17, 15) is 27.0 Å². The third-order valence-corrected chi connectivity index (χ3v) is 11.6. The average molecular weight is 648 g/mol. The number of hydrogen-bond acceptors (Lipinski definition) is 3. The molecule has 2 amide bonds. The summed E-state index contributed by atoms with van der Waals surface area (Å²) in [6.07, 6.45) is 3.41. The van der Waals surface area contributed by atoms with E-state index < -0.39 is 44.6 Å². The highest BCUT2D eigenvalue weighted by molar-refractivity contribution is 7.94. The summed E-state index contributed by atoms with van der Waals surface area (Å²) in [6, 6.07) is 6.19. The maximum Gasteiger partial charge on any atom is 0.474 e. The van der Waals surface area contributed by atoms with Crippen molar-refractivity contribution in [1.29, 1.82) is 0 Å². The van der Waals surface area contributed by atoms with E-state index in [-0.39, 0.29) is 29.4 Å². The SMILES string of the molecule is C=CC[C@@]1(C)C[C@H](c2cccc(Cl)c2)[C@@H](C2C=CC(Cl)=CC2)N([C@H](CS(=O)(=NC(=O)C(F)(F)F)C(C)C)C(C)C)C1=O. The van der Waals surface area contributed by atoms with Crippen LogP contribution < -0.4 is 0 Å². The van der Waals surface area contributed by atoms with Crippen molar-refractivity contribution in [2.24, 2.45) is 21.6 Å². The summed E-state index contributed by atoms with van der Waals surface area (Å²) in [5.74, 6) is -3.72. The van der Waals surface area contributed by atoms with Gasteiger partial charge in [-0.25, -0.2) is 4.21 Å². The predicted molar refractivity (Wildman–Crippen MR) is 164 cm³/mol. The molecule has 1 aliphatic carbocycles. The summed E-state index contributed by atoms with van der Waals surface area (Å²) in [5.41, 5.74) is 0.0142. The first-order valence-electron chi connectivity index (χ1n) is 14.0. The van der Waals surface area contributed by atoms with Gasteiger partial charge in [-0.3, -0.25) is 9.59 Å². The van der Waals surface area contributed by atoms with E-state index in [0.29, 0.717) is 29.3 Å². The zero-order valence-electron chi connectivity index (χ0n) is 24.5. The van der Waals surface area contributed by atoms with Crippen LogP contribution in [0.3, 0.4) is 0 Å². The molecule has 1 heterocycles. The Morgan fingerprint density at radius 2 is 1.93 bits per heavy atom. The number of allylic oxidation sites excluding steroid dienone is 4. The fraction of sp³-hybridized carbons (Fsp3) is 0.548. The fourth-order valence-corrected chi connectivity index (χ4v) is 8.43. The Kier molecular flexibility index (Phi) is 10.9. The first kappa shape index (κ1) is 34.4. The number of carbonyl (C=O) groups excluding carboxylic acids is 2. The Morgan fingerprint density at radius 1 is 1.26 bits per heavy atom. The molecule has 0 aromatic heterocycles. The summed E-state index contributed by atoms with van der Waals surface area (Å²) in [6.45, 7) is 12.4. The third kappa shape index (κ3) is 7.51. The standard InChI is InChI=1S/C31H39Cl2F3N2O3S/c1-7-15-30(6)17-25(22-9-8-10-24(33)16-22)27(21-11-13-23(32)14-12-21)38(29(30)40)26(19(2)3)18-42(41,20(4)5)37-28(39)31(34,35)36/h7-11,13-14,16,19-21,25-27H,1,12,15,17-18H2,2-6H3/t21?,25-,26-,27-,30+,42?/m1/s1. The van der Waals surface area contributed by atoms with Gasteiger partial charge >= 0.3 is 12.1 Å². The first-order chi connectivity index (χ1) is 19.4. The number of likely N-dealkylation sites (tertiary alicyclic amines) is 1. The first-order valence-corrected chi connectivity index (χ1v) is 16.5. The minimum atomic E-state index is -5.26. The van der Waals surface area contributed by atoms with Gasteiger partial charge in [-0.1, -0.05) is 88.2 Å². The van der Waals surface area contributed by atoms with Crippen molar-refractivity contribution in [3.8, 4) is 0 Å². The van der Waals surface area contributed by atoms with Crippen LogP contribution >= 0.6 is 23.2 Å². The van der Waals surface area contributed by atoms with Gasteiger partial charge < -0.3 is 4.90 Å². The normalized spacial score (nSPS) is 27.0. The summed E-state index contributed by atoms with van der Waals surface area (Å²) >= 11 is 12.7. The van der Waals surface area contributed by atoms with Crippen LogP contribution in [-0.2, 0) is 19.3 Å². The molecular weight excluding hydrogens is 608 g/mol. The molecule has 1 fully saturated rings. The van der Waals surface area contributed by atoms with Gasteiger partial charge in [0.15, 0.2) is 0 Å². The van der Waals surface area contributed by atoms with Gasteiger partial charge in [0, 0.05) is 39.2 Å². The van der Waals surface area contributed by atoms with Crippen molar-refractivity contribution in [2.45, 2.75) is 83.3 Å². The number of halogens is 5. The molecule has 1 aliphatic heterocycles. The van der Waals surface area contributed by atoms with Gasteiger partial charge in [0.05, 0.1) is 20.9 Å². The number of hydrogen-bond donors (Lipinski definition) is 0. The van der Waals surface area contributed by atoms with Crippen molar-refractivity contribution < 1.29 is 27.0 Å². The molecule has 42 heavy (non-hydrogen) atoms. The average Bonchev–Trinajstić information content (AvgIpc) is 2.89. The van der Waals surface area contributed by atoms with E-state index in [1.807, 2.05) is 51.1 Å². The van der Waals surface area contributed by atoms with Gasteiger partial charge in [-0.2, -0.15) is 17.5 Å². The predicted octanol–water partition coefficient (Wildman–Crippen LogP) is 8.30. The van der Waals surface area contributed by atoms with Crippen molar-refractivity contribution in [3.05, 3.63) is 70.8 Å². The van der Waals surface area contributed by atoms with Crippen molar-refractivity contribution >= 4 is 44.7 Å². The molecule has 1 aromatic carbocycles. The summed E-state index contributed by atoms with van der Waals surface area (Å²) < 4.78 is 57.2. The van der Waals surface area contributed by atoms with Crippen LogP contribution in [0.5, 0.6) is 0 Å². The van der Waals surface area contributed by atoms with E-state index in [2.05, 4.69) is 10.9 Å². The smallest absolute Gasteiger partial charge is 0.334 e. The Bertz CT molecular complexity index is 1380. The molecule has 0 saturated carbocycles. The summed E-state index contributed by atoms with van der Waals surface area (Å²) in [5, 5.41) is 0.237. The second kappa shape index (κ2) is 13.3. The van der Waals surface area contributed by atoms with E-state index in [1.54, 1.807) is 23.1 Å². The lowest BCUT2D eigenvalue weighted by Crippen LogP contribution is -2.63. The number of rotatable bonds is 9. The molecule has 0 radical (unpaired) electrons. The highest BCUT2D eigenvalue weighted by Crippen LogP contribution is 2.50. The van der Waals surface area contributed by atoms with Gasteiger partial charge in [0.1, 0.15) is 0 Å². The minimum absolute atomic E-state index is 0.196. The molecule has 6 atom stereocenters. The second-order valence-electron chi connectivity index (χ2n) is 12.1. The number of benzene rings is 1. The molecule has 5 nitrogen and oxygen atoms in total. The lowest BCUT2D eigenvalue weighted by molar-refractivity contribution is -0.169. The van der Waals surface area contributed by atoms with Crippen LogP contribution in [0.1, 0.15) is 65.4 Å². The monoisotopic (exact) mass is 646 g/mol. The van der Waals surface area contributed by atoms with Gasteiger partial charge in [0.25, 0.3) is 0 Å². The highest BCUT2D eigenvalue weighted by Gasteiger charge is 2.53. The van der Waals surface area contributed by atoms with Crippen molar-refractivity contribution in [2.75, 3.05) is 5.75 Å². The third-order valence-electron chi connectivity index (χ3n) is 8.31. The van der Waals surface area contributed by atoms with E-state index >= 15 is 0 Å². The van der Waals surface area contributed by atoms with Crippen LogP contribution in [0.25, 0.3) is 0 Å². The molecular formula is C31H39Cl2F3N2O3S. The van der Waals surface area contributed by atoms with Crippen molar-refractivity contribution in [1.82, 2.24) is 4.90 Å². The van der Waals surface area contributed by atoms with Gasteiger partial charge in [0.2, 0.25) is 5.91 Å². The Hall–Kier alpha value is -2.10. The zero-order chi connectivity index (χ0) is 31.6. The molecule has 1 aromatic rings. The second-order valence-corrected chi connectivity index (χ2v) is 15.8. The molecule has 1 saturated heterocycles. The van der Waals surface area contributed by atoms with Gasteiger partial charge in [-0.05, 0) is 49.0 Å². The molecule has 3 rings (SSSR count). The Morgan fingerprint density at radius 3 is 2.43 bits per heavy atom. The minimum Gasteiger partial charge on any atom is -0.334 e. The van der Waals surface area contributed by atoms with Crippen molar-refractivity contribution in [3.63, 3.8) is 0 Å². The highest BCUT2D eigenvalue weighted by atomic mass is 35.5. The van der Waals surface area contributed by atoms with Crippen LogP contribution in [0.15, 0.2) is 64.5 Å². The number of nitrogens with zero attached hydrogens (tertiary/aromatic N) is 2. The Labute approximate surface area is 257 Å². The van der Waals surface area contributed by atoms with E-state index in [0.717, 1.165) is 5.56 Å². The molecule has 2 unspecified atom stereocenters. The fourth-order valence-electron chi connectivity index (χ4n) is 5.98. The maximum atomic E-state index is 14.6. The van der Waals surface area contributed by atoms with E-state index in [1.165, 1.54) is 13.8 Å². The molecule has 0 bridgehead atoms. The molecule has 0 N–H and O–H groups in total. The lowest BCUT2D eigenvalue weighted by atomic mass is 9.65. The molecule has 0 spiro atoms. The van der Waals surface area contributed by atoms with E-state index in [4.69, 9.17) is 23.2 Å². The molecule has 11 heteroatoms. The van der Waals surface area contributed by atoms with Crippen LogP contribution in [0.2, 0.25) is 5.02 Å². The molecule has 232 valence electrons. The number of carbonyl (C=O) groups is 2. The molecule has 2 aliphatic rings. The topological polar surface area (TPSA) is 66.8 Å². The van der Waals surface area contributed by atoms with Crippen LogP contribution in [-0.4, -0.2) is 50.2 Å². The largest absolute Gasteiger partial charge is 0.474 e. The van der Waals surface area contributed by atoms with Crippen LogP contribution in [0, 0.1) is 17.3 Å². The lowest BCUT2D eigenvalue weighted by Gasteiger charge is -2.55. The zero-order valence-corrected chi connectivity index (χ0v) is 26.9. The maximum absolute atomic E-state index is 14.6. The number of alkyl halides is 3. The summed E-state index contributed by atoms with van der Waals surface area (Å²) in [4.78, 5) is 28.3.